The van der Waals surface area contributed by atoms with Crippen molar-refractivity contribution in [3.8, 4) is 23.0 Å². The highest BCUT2D eigenvalue weighted by atomic mass is 16.5. The number of hydrogen-bond acceptors (Lipinski definition) is 6. The molecule has 1 amide bonds. The maximum absolute atomic E-state index is 12.5. The van der Waals surface area contributed by atoms with E-state index in [0.29, 0.717) is 36.1 Å². The minimum Gasteiger partial charge on any atom is -0.496 e. The van der Waals surface area contributed by atoms with Crippen molar-refractivity contribution in [2.45, 2.75) is 6.42 Å². The molecule has 1 N–H and O–H groups in total. The van der Waals surface area contributed by atoms with Crippen LogP contribution in [-0.2, 0) is 11.2 Å². The first kappa shape index (κ1) is 21.4. The van der Waals surface area contributed by atoms with Gasteiger partial charge in [-0.1, -0.05) is 54.6 Å². The Bertz CT molecular complexity index is 1460. The van der Waals surface area contributed by atoms with E-state index in [4.69, 9.17) is 9.47 Å². The normalized spacial score (nSPS) is 11.0. The lowest BCUT2D eigenvalue weighted by Crippen LogP contribution is -2.29. The summed E-state index contributed by atoms with van der Waals surface area (Å²) < 4.78 is 12.8. The lowest BCUT2D eigenvalue weighted by Gasteiger charge is -2.09. The predicted molar refractivity (Wildman–Crippen MR) is 129 cm³/mol. The Morgan fingerprint density at radius 2 is 1.76 bits per heavy atom. The zero-order chi connectivity index (χ0) is 23.3. The molecule has 8 nitrogen and oxygen atoms in total. The Hall–Kier alpha value is -4.46. The fraction of sp³-hybridized carbons (Fsp3) is 0.154. The van der Waals surface area contributed by atoms with Gasteiger partial charge in [0.05, 0.1) is 25.6 Å². The first-order chi connectivity index (χ1) is 16.7. The average molecular weight is 454 g/mol. The SMILES string of the molecule is COc1ccccc1-c1nnc2ccc(OCCNC(=O)Cc3cccc4ccccc34)nn12. The van der Waals surface area contributed by atoms with Gasteiger partial charge in [0.15, 0.2) is 11.5 Å². The van der Waals surface area contributed by atoms with Crippen LogP contribution in [0.4, 0.5) is 0 Å². The van der Waals surface area contributed by atoms with Crippen LogP contribution < -0.4 is 14.8 Å². The van der Waals surface area contributed by atoms with Gasteiger partial charge in [-0.3, -0.25) is 4.79 Å². The average Bonchev–Trinajstić information content (AvgIpc) is 3.30. The van der Waals surface area contributed by atoms with Crippen LogP contribution in [0.5, 0.6) is 11.6 Å². The highest BCUT2D eigenvalue weighted by molar-refractivity contribution is 5.90. The van der Waals surface area contributed by atoms with Gasteiger partial charge in [0.2, 0.25) is 11.8 Å². The van der Waals surface area contributed by atoms with Crippen LogP contribution >= 0.6 is 0 Å². The van der Waals surface area contributed by atoms with Gasteiger partial charge in [0, 0.05) is 6.07 Å². The maximum atomic E-state index is 12.5. The van der Waals surface area contributed by atoms with Crippen molar-refractivity contribution in [2.75, 3.05) is 20.3 Å². The summed E-state index contributed by atoms with van der Waals surface area (Å²) in [4.78, 5) is 12.5. The third kappa shape index (κ3) is 4.38. The quantitative estimate of drug-likeness (QED) is 0.361. The van der Waals surface area contributed by atoms with E-state index in [1.54, 1.807) is 23.8 Å². The molecule has 8 heteroatoms. The number of aromatic nitrogens is 4. The number of rotatable bonds is 8. The van der Waals surface area contributed by atoms with Crippen LogP contribution in [0.2, 0.25) is 0 Å². The van der Waals surface area contributed by atoms with E-state index >= 15 is 0 Å². The Balaban J connectivity index is 1.21. The molecule has 0 spiro atoms. The summed E-state index contributed by atoms with van der Waals surface area (Å²) in [5.74, 6) is 1.59. The maximum Gasteiger partial charge on any atom is 0.231 e. The summed E-state index contributed by atoms with van der Waals surface area (Å²) in [6.45, 7) is 0.650. The summed E-state index contributed by atoms with van der Waals surface area (Å²) in [5.41, 5.74) is 2.37. The molecule has 2 heterocycles. The first-order valence-electron chi connectivity index (χ1n) is 10.9. The number of fused-ring (bicyclic) bond motifs is 2. The highest BCUT2D eigenvalue weighted by Crippen LogP contribution is 2.28. The Morgan fingerprint density at radius 3 is 2.68 bits per heavy atom. The molecular formula is C26H23N5O3. The van der Waals surface area contributed by atoms with Crippen LogP contribution in [0.3, 0.4) is 0 Å². The van der Waals surface area contributed by atoms with Crippen LogP contribution in [0.1, 0.15) is 5.56 Å². The smallest absolute Gasteiger partial charge is 0.231 e. The molecule has 0 radical (unpaired) electrons. The van der Waals surface area contributed by atoms with E-state index in [0.717, 1.165) is 21.9 Å². The van der Waals surface area contributed by atoms with Gasteiger partial charge in [-0.05, 0) is 34.5 Å². The largest absolute Gasteiger partial charge is 0.496 e. The van der Waals surface area contributed by atoms with Crippen molar-refractivity contribution in [2.24, 2.45) is 0 Å². The van der Waals surface area contributed by atoms with Gasteiger partial charge in [-0.2, -0.15) is 4.52 Å². The number of amides is 1. The summed E-state index contributed by atoms with van der Waals surface area (Å²) in [6.07, 6.45) is 0.314. The van der Waals surface area contributed by atoms with Gasteiger partial charge < -0.3 is 14.8 Å². The number of hydrogen-bond donors (Lipinski definition) is 1. The lowest BCUT2D eigenvalue weighted by atomic mass is 10.0. The predicted octanol–water partition coefficient (Wildman–Crippen LogP) is 3.69. The minimum atomic E-state index is -0.0550. The van der Waals surface area contributed by atoms with Crippen LogP contribution in [0, 0.1) is 0 Å². The number of methoxy groups -OCH3 is 1. The Kier molecular flexibility index (Phi) is 6.03. The van der Waals surface area contributed by atoms with E-state index in [1.165, 1.54) is 0 Å². The van der Waals surface area contributed by atoms with Gasteiger partial charge in [-0.25, -0.2) is 0 Å². The topological polar surface area (TPSA) is 90.6 Å². The van der Waals surface area contributed by atoms with Gasteiger partial charge in [0.1, 0.15) is 12.4 Å². The number of nitrogens with one attached hydrogen (secondary N) is 1. The van der Waals surface area contributed by atoms with Gasteiger partial charge in [0.25, 0.3) is 0 Å². The number of carbonyl (C=O) groups excluding carboxylic acids is 1. The first-order valence-corrected chi connectivity index (χ1v) is 10.9. The Labute approximate surface area is 196 Å². The number of para-hydroxylation sites is 1. The van der Waals surface area contributed by atoms with E-state index < -0.39 is 0 Å². The zero-order valence-electron chi connectivity index (χ0n) is 18.6. The van der Waals surface area contributed by atoms with Gasteiger partial charge in [-0.15, -0.1) is 15.3 Å². The van der Waals surface area contributed by atoms with Gasteiger partial charge >= 0.3 is 0 Å². The molecule has 5 rings (SSSR count). The monoisotopic (exact) mass is 453 g/mol. The second-order valence-electron chi connectivity index (χ2n) is 7.68. The molecule has 0 fully saturated rings. The van der Waals surface area contributed by atoms with Crippen molar-refractivity contribution >= 4 is 22.3 Å². The Morgan fingerprint density at radius 1 is 0.941 bits per heavy atom. The molecule has 0 atom stereocenters. The molecule has 0 bridgehead atoms. The summed E-state index contributed by atoms with van der Waals surface area (Å²) in [5, 5.41) is 18.1. The number of ether oxygens (including phenoxy) is 2. The van der Waals surface area contributed by atoms with E-state index in [9.17, 15) is 4.79 Å². The zero-order valence-corrected chi connectivity index (χ0v) is 18.6. The molecule has 170 valence electrons. The number of carbonyl (C=O) groups is 1. The third-order valence-electron chi connectivity index (χ3n) is 5.49. The molecule has 2 aromatic heterocycles. The minimum absolute atomic E-state index is 0.0550. The fourth-order valence-electron chi connectivity index (χ4n) is 3.87. The summed E-state index contributed by atoms with van der Waals surface area (Å²) in [6, 6.07) is 25.1. The van der Waals surface area contributed by atoms with E-state index in [2.05, 4.69) is 20.6 Å². The lowest BCUT2D eigenvalue weighted by molar-refractivity contribution is -0.120. The molecule has 0 aliphatic rings. The molecule has 0 aliphatic heterocycles. The van der Waals surface area contributed by atoms with E-state index in [1.807, 2.05) is 66.7 Å². The van der Waals surface area contributed by atoms with Crippen molar-refractivity contribution < 1.29 is 14.3 Å². The van der Waals surface area contributed by atoms with Crippen molar-refractivity contribution in [1.29, 1.82) is 0 Å². The number of nitrogens with zero attached hydrogens (tertiary/aromatic N) is 4. The fourth-order valence-corrected chi connectivity index (χ4v) is 3.87. The van der Waals surface area contributed by atoms with Crippen LogP contribution in [-0.4, -0.2) is 46.0 Å². The van der Waals surface area contributed by atoms with Crippen LogP contribution in [0.15, 0.2) is 78.9 Å². The molecule has 5 aromatic rings. The molecule has 0 saturated carbocycles. The molecule has 0 aliphatic carbocycles. The van der Waals surface area contributed by atoms with Crippen LogP contribution in [0.25, 0.3) is 27.8 Å². The molecule has 34 heavy (non-hydrogen) atoms. The molecular weight excluding hydrogens is 430 g/mol. The van der Waals surface area contributed by atoms with E-state index in [-0.39, 0.29) is 12.5 Å². The molecule has 3 aromatic carbocycles. The standard InChI is InChI=1S/C26H23N5O3/c1-33-22-12-5-4-11-21(22)26-29-28-23-13-14-25(30-31(23)26)34-16-15-27-24(32)17-19-9-6-8-18-7-2-3-10-20(18)19/h2-14H,15-17H2,1H3,(H,27,32). The second kappa shape index (κ2) is 9.58. The van der Waals surface area contributed by atoms with Crippen molar-refractivity contribution in [3.63, 3.8) is 0 Å². The van der Waals surface area contributed by atoms with Crippen molar-refractivity contribution in [1.82, 2.24) is 25.1 Å². The second-order valence-corrected chi connectivity index (χ2v) is 7.68. The summed E-state index contributed by atoms with van der Waals surface area (Å²) in [7, 11) is 1.61. The summed E-state index contributed by atoms with van der Waals surface area (Å²) >= 11 is 0. The molecule has 0 unspecified atom stereocenters. The third-order valence-corrected chi connectivity index (χ3v) is 5.49. The highest BCUT2D eigenvalue weighted by Gasteiger charge is 2.14. The van der Waals surface area contributed by atoms with Crippen molar-refractivity contribution in [3.05, 3.63) is 84.4 Å². The molecule has 0 saturated heterocycles. The number of benzene rings is 3.